The molecular formula is C23H25N9O5S2. The van der Waals surface area contributed by atoms with Gasteiger partial charge in [-0.3, -0.25) is 14.5 Å². The highest BCUT2D eigenvalue weighted by Gasteiger charge is 2.53. The maximum atomic E-state index is 13.2. The first-order valence-electron chi connectivity index (χ1n) is 12.2. The van der Waals surface area contributed by atoms with Gasteiger partial charge in [0.2, 0.25) is 11.5 Å². The van der Waals surface area contributed by atoms with Gasteiger partial charge in [-0.05, 0) is 18.9 Å². The van der Waals surface area contributed by atoms with Gasteiger partial charge in [-0.1, -0.05) is 24.1 Å². The minimum Gasteiger partial charge on any atom is -0.543 e. The second-order valence-corrected chi connectivity index (χ2v) is 10.7. The number of fused-ring (bicyclic) bond motifs is 2. The lowest BCUT2D eigenvalue weighted by Crippen LogP contribution is -2.71. The van der Waals surface area contributed by atoms with Crippen LogP contribution in [0.1, 0.15) is 32.5 Å². The number of nitrogen functional groups attached to an aromatic ring is 1. The van der Waals surface area contributed by atoms with Crippen LogP contribution in [0.4, 0.5) is 5.13 Å². The van der Waals surface area contributed by atoms with Crippen LogP contribution in [0, 0.1) is 0 Å². The van der Waals surface area contributed by atoms with Crippen LogP contribution in [-0.2, 0) is 25.8 Å². The van der Waals surface area contributed by atoms with Crippen molar-refractivity contribution in [2.45, 2.75) is 50.8 Å². The Balaban J connectivity index is 1.36. The fourth-order valence-corrected chi connectivity index (χ4v) is 6.13. The number of anilines is 1. The Bertz CT molecular complexity index is 1500. The maximum absolute atomic E-state index is 13.2. The molecule has 2 atom stereocenters. The number of imidazole rings is 1. The van der Waals surface area contributed by atoms with Gasteiger partial charge in [-0.2, -0.15) is 9.36 Å². The Morgan fingerprint density at radius 2 is 2.18 bits per heavy atom. The van der Waals surface area contributed by atoms with Gasteiger partial charge >= 0.3 is 5.65 Å². The number of carbonyl (C=O) groups excluding carboxylic acids is 3. The molecule has 16 heteroatoms. The number of thioether (sulfide) groups is 1. The number of hydrogen-bond acceptors (Lipinski definition) is 12. The van der Waals surface area contributed by atoms with E-state index >= 15 is 0 Å². The third kappa shape index (κ3) is 5.04. The molecule has 14 nitrogen and oxygen atoms in total. The van der Waals surface area contributed by atoms with Gasteiger partial charge in [0.1, 0.15) is 30.3 Å². The van der Waals surface area contributed by atoms with Crippen LogP contribution < -0.4 is 20.7 Å². The number of carboxylic acid groups (broad SMARTS) is 1. The van der Waals surface area contributed by atoms with Gasteiger partial charge < -0.3 is 25.8 Å². The molecule has 0 saturated carbocycles. The third-order valence-electron chi connectivity index (χ3n) is 6.40. The van der Waals surface area contributed by atoms with E-state index in [0.717, 1.165) is 22.1 Å². The lowest BCUT2D eigenvalue weighted by Gasteiger charge is -2.50. The predicted octanol–water partition coefficient (Wildman–Crippen LogP) is -0.931. The van der Waals surface area contributed by atoms with Crippen molar-refractivity contribution in [2.24, 2.45) is 5.16 Å². The van der Waals surface area contributed by atoms with E-state index in [9.17, 15) is 19.5 Å². The fourth-order valence-electron chi connectivity index (χ4n) is 4.36. The van der Waals surface area contributed by atoms with Crippen LogP contribution in [0.3, 0.4) is 0 Å². The Labute approximate surface area is 230 Å². The number of hydrogen-bond donors (Lipinski definition) is 2. The minimum absolute atomic E-state index is 0.0233. The summed E-state index contributed by atoms with van der Waals surface area (Å²) in [6.07, 6.45) is 6.30. The number of nitrogens with zero attached hydrogens (tertiary/aromatic N) is 7. The molecule has 39 heavy (non-hydrogen) atoms. The van der Waals surface area contributed by atoms with Crippen molar-refractivity contribution in [1.29, 1.82) is 0 Å². The summed E-state index contributed by atoms with van der Waals surface area (Å²) < 4.78 is 7.55. The van der Waals surface area contributed by atoms with E-state index in [4.69, 9.17) is 10.6 Å². The topological polar surface area (TPSA) is 184 Å². The standard InChI is InChI=1S/C23H25N9O5S2/c1-3-13(4-2)37-28-15(18-27-23(24)39-29-18)19(33)26-16-20(34)32-17(22(35)36)12(11-38-21(16)32)10-30-8-9-31-14(30)6-5-7-25-31/h5-9,13,16,21H,3-4,10-11H2,1-2H3,(H3-,24,26,27,29,33,35,36)/b28-15-/t16-,21-/m1/s1. The van der Waals surface area contributed by atoms with Crippen molar-refractivity contribution in [3.05, 3.63) is 47.8 Å². The van der Waals surface area contributed by atoms with Gasteiger partial charge in [0.25, 0.3) is 11.8 Å². The van der Waals surface area contributed by atoms with Gasteiger partial charge in [0.05, 0.1) is 17.9 Å². The van der Waals surface area contributed by atoms with Gasteiger partial charge in [0.15, 0.2) is 11.3 Å². The molecule has 2 aliphatic rings. The molecule has 3 aromatic rings. The molecule has 3 aromatic heterocycles. The Kier molecular flexibility index (Phi) is 7.47. The summed E-state index contributed by atoms with van der Waals surface area (Å²) in [6.45, 7) is 4.08. The first-order valence-corrected chi connectivity index (χ1v) is 14.0. The molecule has 0 unspecified atom stereocenters. The van der Waals surface area contributed by atoms with Gasteiger partial charge in [-0.25, -0.2) is 4.57 Å². The summed E-state index contributed by atoms with van der Waals surface area (Å²) in [4.78, 5) is 49.2. The smallest absolute Gasteiger partial charge is 0.307 e. The first kappa shape index (κ1) is 26.6. The summed E-state index contributed by atoms with van der Waals surface area (Å²) in [5.74, 6) is -2.47. The Hall–Kier alpha value is -4.05. The summed E-state index contributed by atoms with van der Waals surface area (Å²) in [7, 11) is 0. The predicted molar refractivity (Wildman–Crippen MR) is 139 cm³/mol. The van der Waals surface area contributed by atoms with E-state index in [2.05, 4.69) is 24.9 Å². The van der Waals surface area contributed by atoms with Crippen molar-refractivity contribution in [3.63, 3.8) is 0 Å². The second kappa shape index (κ2) is 11.0. The Morgan fingerprint density at radius 3 is 2.87 bits per heavy atom. The minimum atomic E-state index is -1.46. The zero-order valence-corrected chi connectivity index (χ0v) is 22.6. The van der Waals surface area contributed by atoms with E-state index in [1.165, 1.54) is 11.8 Å². The van der Waals surface area contributed by atoms with Crippen LogP contribution in [0.2, 0.25) is 0 Å². The lowest BCUT2D eigenvalue weighted by atomic mass is 10.0. The van der Waals surface area contributed by atoms with E-state index in [0.29, 0.717) is 24.2 Å². The number of rotatable bonds is 10. The first-order chi connectivity index (χ1) is 18.8. The lowest BCUT2D eigenvalue weighted by molar-refractivity contribution is -0.662. The molecule has 1 fully saturated rings. The van der Waals surface area contributed by atoms with Crippen molar-refractivity contribution in [3.8, 4) is 0 Å². The zero-order valence-electron chi connectivity index (χ0n) is 21.0. The summed E-state index contributed by atoms with van der Waals surface area (Å²) >= 11 is 2.24. The van der Waals surface area contributed by atoms with Crippen LogP contribution in [-0.4, -0.2) is 70.6 Å². The molecule has 3 N–H and O–H groups in total. The molecule has 0 radical (unpaired) electrons. The number of nitrogens with two attached hydrogens (primary N) is 1. The van der Waals surface area contributed by atoms with E-state index < -0.39 is 29.2 Å². The number of oxime groups is 1. The number of amides is 2. The number of aromatic nitrogens is 5. The molecule has 2 amide bonds. The average molecular weight is 572 g/mol. The molecule has 5 heterocycles. The monoisotopic (exact) mass is 571 g/mol. The number of carboxylic acids is 1. The highest BCUT2D eigenvalue weighted by Crippen LogP contribution is 2.40. The molecule has 204 valence electrons. The molecule has 2 aliphatic heterocycles. The Morgan fingerprint density at radius 1 is 1.38 bits per heavy atom. The largest absolute Gasteiger partial charge is 0.543 e. The molecule has 0 aliphatic carbocycles. The van der Waals surface area contributed by atoms with Crippen molar-refractivity contribution >= 4 is 57.6 Å². The molecule has 0 aromatic carbocycles. The van der Waals surface area contributed by atoms with Gasteiger partial charge in [-0.15, -0.1) is 16.3 Å². The number of β-lactam (4-membered cyclic amide) rings is 1. The maximum Gasteiger partial charge on any atom is 0.307 e. The summed E-state index contributed by atoms with van der Waals surface area (Å²) in [5, 5.41) is 22.5. The second-order valence-electron chi connectivity index (χ2n) is 8.79. The normalized spacial score (nSPS) is 19.3. The van der Waals surface area contributed by atoms with Crippen molar-refractivity contribution in [2.75, 3.05) is 11.5 Å². The average Bonchev–Trinajstić information content (AvgIpc) is 3.55. The third-order valence-corrected chi connectivity index (χ3v) is 8.28. The molecule has 1 saturated heterocycles. The molecule has 5 rings (SSSR count). The van der Waals surface area contributed by atoms with Crippen LogP contribution in [0.5, 0.6) is 0 Å². The highest BCUT2D eigenvalue weighted by molar-refractivity contribution is 8.00. The van der Waals surface area contributed by atoms with Crippen LogP contribution in [0.25, 0.3) is 5.65 Å². The van der Waals surface area contributed by atoms with Crippen LogP contribution >= 0.6 is 23.3 Å². The molecular weight excluding hydrogens is 546 g/mol. The van der Waals surface area contributed by atoms with Crippen molar-refractivity contribution < 1.29 is 28.9 Å². The summed E-state index contributed by atoms with van der Waals surface area (Å²) in [6, 6.07) is 2.64. The number of aliphatic carboxylic acids is 1. The SMILES string of the molecule is CCC(CC)O/N=C(\C(=O)N[C@@H]1C(=O)N2C(C(=O)[O-])=C(C[n+]3ccn4ncccc43)CS[C@H]12)c1nsc(N)n1. The van der Waals surface area contributed by atoms with E-state index in [1.54, 1.807) is 29.2 Å². The molecule has 0 spiro atoms. The number of nitrogens with one attached hydrogen (secondary N) is 1. The fraction of sp³-hybridized carbons (Fsp3) is 0.391. The van der Waals surface area contributed by atoms with E-state index in [-0.39, 0.29) is 35.0 Å². The van der Waals surface area contributed by atoms with Crippen LogP contribution in [0.15, 0.2) is 47.1 Å². The van der Waals surface area contributed by atoms with Gasteiger partial charge in [0, 0.05) is 28.9 Å². The van der Waals surface area contributed by atoms with E-state index in [1.807, 2.05) is 24.5 Å². The van der Waals surface area contributed by atoms with Crippen molar-refractivity contribution in [1.82, 2.24) is 29.2 Å². The summed E-state index contributed by atoms with van der Waals surface area (Å²) in [5.41, 5.74) is 6.55. The quantitative estimate of drug-likeness (QED) is 0.133. The molecule has 0 bridgehead atoms. The highest BCUT2D eigenvalue weighted by atomic mass is 32.2. The zero-order chi connectivity index (χ0) is 27.7. The number of carbonyl (C=O) groups is 3.